The summed E-state index contributed by atoms with van der Waals surface area (Å²) in [7, 11) is 0. The Labute approximate surface area is 95.9 Å². The SMILES string of the molecule is CI.CSc1cccc(C(=O)O)c1. The maximum absolute atomic E-state index is 10.5. The molecule has 0 bridgehead atoms. The van der Waals surface area contributed by atoms with E-state index in [0.717, 1.165) is 4.90 Å². The van der Waals surface area contributed by atoms with Crippen molar-refractivity contribution in [3.63, 3.8) is 0 Å². The van der Waals surface area contributed by atoms with Crippen LogP contribution in [-0.2, 0) is 0 Å². The number of hydrogen-bond acceptors (Lipinski definition) is 2. The molecule has 0 amide bonds. The van der Waals surface area contributed by atoms with Crippen LogP contribution >= 0.6 is 34.4 Å². The highest BCUT2D eigenvalue weighted by atomic mass is 127. The second-order valence-electron chi connectivity index (χ2n) is 2.04. The second-order valence-corrected chi connectivity index (χ2v) is 2.92. The van der Waals surface area contributed by atoms with E-state index in [2.05, 4.69) is 22.6 Å². The number of thioether (sulfide) groups is 1. The van der Waals surface area contributed by atoms with Crippen LogP contribution in [0.5, 0.6) is 0 Å². The molecule has 13 heavy (non-hydrogen) atoms. The molecular formula is C9H11IO2S. The van der Waals surface area contributed by atoms with Crippen molar-refractivity contribution in [2.24, 2.45) is 0 Å². The zero-order valence-corrected chi connectivity index (χ0v) is 10.4. The van der Waals surface area contributed by atoms with Gasteiger partial charge in [-0.2, -0.15) is 0 Å². The van der Waals surface area contributed by atoms with Crippen LogP contribution in [0, 0.1) is 0 Å². The van der Waals surface area contributed by atoms with Gasteiger partial charge in [0.05, 0.1) is 5.56 Å². The molecule has 1 aromatic rings. The predicted molar refractivity (Wildman–Crippen MR) is 65.1 cm³/mol. The van der Waals surface area contributed by atoms with Gasteiger partial charge in [-0.1, -0.05) is 28.7 Å². The first kappa shape index (κ1) is 12.8. The van der Waals surface area contributed by atoms with Crippen molar-refractivity contribution < 1.29 is 9.90 Å². The van der Waals surface area contributed by atoms with Crippen LogP contribution < -0.4 is 0 Å². The van der Waals surface area contributed by atoms with Gasteiger partial charge in [0, 0.05) is 4.90 Å². The fourth-order valence-corrected chi connectivity index (χ4v) is 1.22. The van der Waals surface area contributed by atoms with Crippen LogP contribution in [0.25, 0.3) is 0 Å². The van der Waals surface area contributed by atoms with Gasteiger partial charge in [0.15, 0.2) is 0 Å². The minimum absolute atomic E-state index is 0.344. The third kappa shape index (κ3) is 4.52. The predicted octanol–water partition coefficient (Wildman–Crippen LogP) is 3.16. The number of carboxylic acids is 1. The van der Waals surface area contributed by atoms with Crippen LogP contribution in [0.15, 0.2) is 29.2 Å². The smallest absolute Gasteiger partial charge is 0.335 e. The number of aromatic carboxylic acids is 1. The first-order valence-electron chi connectivity index (χ1n) is 3.49. The second kappa shape index (κ2) is 7.20. The van der Waals surface area contributed by atoms with Gasteiger partial charge in [-0.15, -0.1) is 11.8 Å². The molecule has 0 fully saturated rings. The summed E-state index contributed by atoms with van der Waals surface area (Å²) in [6, 6.07) is 6.88. The fraction of sp³-hybridized carbons (Fsp3) is 0.222. The van der Waals surface area contributed by atoms with Gasteiger partial charge in [-0.05, 0) is 29.4 Å². The summed E-state index contributed by atoms with van der Waals surface area (Å²) < 4.78 is 0. The molecule has 2 nitrogen and oxygen atoms in total. The Morgan fingerprint density at radius 1 is 1.46 bits per heavy atom. The third-order valence-electron chi connectivity index (χ3n) is 1.32. The van der Waals surface area contributed by atoms with Crippen molar-refractivity contribution >= 4 is 40.3 Å². The molecule has 0 radical (unpaired) electrons. The molecule has 0 aliphatic carbocycles. The van der Waals surface area contributed by atoms with Crippen LogP contribution in [0.1, 0.15) is 10.4 Å². The normalized spacial score (nSPS) is 8.54. The van der Waals surface area contributed by atoms with Crippen LogP contribution in [0.2, 0.25) is 0 Å². The number of halogens is 1. The summed E-state index contributed by atoms with van der Waals surface area (Å²) >= 11 is 3.69. The molecule has 0 aromatic heterocycles. The van der Waals surface area contributed by atoms with E-state index in [0.29, 0.717) is 5.56 Å². The Kier molecular flexibility index (Phi) is 7.07. The van der Waals surface area contributed by atoms with E-state index >= 15 is 0 Å². The Morgan fingerprint density at radius 3 is 2.54 bits per heavy atom. The van der Waals surface area contributed by atoms with E-state index < -0.39 is 5.97 Å². The number of benzene rings is 1. The van der Waals surface area contributed by atoms with Gasteiger partial charge < -0.3 is 5.11 Å². The Bertz CT molecular complexity index is 276. The van der Waals surface area contributed by atoms with Gasteiger partial charge in [0.25, 0.3) is 0 Å². The molecule has 4 heteroatoms. The Balaban J connectivity index is 0.000000671. The van der Waals surface area contributed by atoms with E-state index in [4.69, 9.17) is 5.11 Å². The van der Waals surface area contributed by atoms with Crippen LogP contribution in [0.4, 0.5) is 0 Å². The molecule has 0 spiro atoms. The van der Waals surface area contributed by atoms with E-state index in [1.54, 1.807) is 18.2 Å². The van der Waals surface area contributed by atoms with Gasteiger partial charge in [-0.25, -0.2) is 4.79 Å². The first-order valence-corrected chi connectivity index (χ1v) is 6.87. The number of rotatable bonds is 2. The topological polar surface area (TPSA) is 37.3 Å². The summed E-state index contributed by atoms with van der Waals surface area (Å²) in [6.07, 6.45) is 1.92. The van der Waals surface area contributed by atoms with Crippen molar-refractivity contribution in [3.05, 3.63) is 29.8 Å². The largest absolute Gasteiger partial charge is 0.478 e. The van der Waals surface area contributed by atoms with Crippen molar-refractivity contribution in [3.8, 4) is 0 Å². The van der Waals surface area contributed by atoms with Crippen molar-refractivity contribution in [1.29, 1.82) is 0 Å². The van der Waals surface area contributed by atoms with E-state index in [-0.39, 0.29) is 0 Å². The summed E-state index contributed by atoms with van der Waals surface area (Å²) in [5.41, 5.74) is 0.344. The molecule has 0 saturated carbocycles. The molecule has 1 aromatic carbocycles. The highest BCUT2D eigenvalue weighted by Gasteiger charge is 2.01. The standard InChI is InChI=1S/C8H8O2S.CH3I/c1-11-7-4-2-3-6(5-7)8(9)10;1-2/h2-5H,1H3,(H,9,10);1H3. The van der Waals surface area contributed by atoms with E-state index in [1.165, 1.54) is 11.8 Å². The maximum Gasteiger partial charge on any atom is 0.335 e. The molecule has 0 saturated heterocycles. The Morgan fingerprint density at radius 2 is 2.08 bits per heavy atom. The fourth-order valence-electron chi connectivity index (χ4n) is 0.756. The molecule has 1 rings (SSSR count). The molecule has 0 aliphatic heterocycles. The van der Waals surface area contributed by atoms with Gasteiger partial charge in [0.2, 0.25) is 0 Å². The summed E-state index contributed by atoms with van der Waals surface area (Å²) in [5, 5.41) is 8.60. The third-order valence-corrected chi connectivity index (χ3v) is 2.04. The monoisotopic (exact) mass is 310 g/mol. The van der Waals surface area contributed by atoms with Crippen LogP contribution in [0.3, 0.4) is 0 Å². The molecular weight excluding hydrogens is 299 g/mol. The average Bonchev–Trinajstić information content (AvgIpc) is 2.21. The zero-order valence-electron chi connectivity index (χ0n) is 7.45. The number of carbonyl (C=O) groups is 1. The van der Waals surface area contributed by atoms with Gasteiger partial charge >= 0.3 is 5.97 Å². The summed E-state index contributed by atoms with van der Waals surface area (Å²) in [4.78, 5) is 13.4. The average molecular weight is 310 g/mol. The molecule has 72 valence electrons. The lowest BCUT2D eigenvalue weighted by molar-refractivity contribution is 0.0696. The van der Waals surface area contributed by atoms with Gasteiger partial charge in [-0.3, -0.25) is 0 Å². The zero-order chi connectivity index (χ0) is 10.3. The van der Waals surface area contributed by atoms with Crippen molar-refractivity contribution in [1.82, 2.24) is 0 Å². The first-order chi connectivity index (χ1) is 6.24. The Hall–Kier alpha value is -0.230. The minimum Gasteiger partial charge on any atom is -0.478 e. The van der Waals surface area contributed by atoms with Crippen molar-refractivity contribution in [2.45, 2.75) is 4.90 Å². The molecule has 1 N–H and O–H groups in total. The van der Waals surface area contributed by atoms with E-state index in [9.17, 15) is 4.79 Å². The molecule has 0 unspecified atom stereocenters. The summed E-state index contributed by atoms with van der Waals surface area (Å²) in [6.45, 7) is 0. The van der Waals surface area contributed by atoms with Crippen molar-refractivity contribution in [2.75, 3.05) is 11.2 Å². The molecule has 0 heterocycles. The van der Waals surface area contributed by atoms with Crippen LogP contribution in [-0.4, -0.2) is 22.3 Å². The molecule has 0 atom stereocenters. The number of alkyl halides is 1. The maximum atomic E-state index is 10.5. The summed E-state index contributed by atoms with van der Waals surface area (Å²) in [5.74, 6) is -0.874. The lowest BCUT2D eigenvalue weighted by atomic mass is 10.2. The lowest BCUT2D eigenvalue weighted by Gasteiger charge is -1.96. The number of hydrogen-bond donors (Lipinski definition) is 1. The molecule has 0 aliphatic rings. The lowest BCUT2D eigenvalue weighted by Crippen LogP contribution is -1.94. The quantitative estimate of drug-likeness (QED) is 0.518. The van der Waals surface area contributed by atoms with E-state index in [1.807, 2.05) is 17.3 Å². The highest BCUT2D eigenvalue weighted by Crippen LogP contribution is 2.15. The number of carboxylic acid groups (broad SMARTS) is 1. The minimum atomic E-state index is -0.874. The highest BCUT2D eigenvalue weighted by molar-refractivity contribution is 14.1. The van der Waals surface area contributed by atoms with Gasteiger partial charge in [0.1, 0.15) is 0 Å².